The summed E-state index contributed by atoms with van der Waals surface area (Å²) < 4.78 is 4.89. The Labute approximate surface area is 60.3 Å². The summed E-state index contributed by atoms with van der Waals surface area (Å²) in [5.41, 5.74) is 0. The van der Waals surface area contributed by atoms with Crippen molar-refractivity contribution in [2.24, 2.45) is 0 Å². The Kier molecular flexibility index (Phi) is 1.66. The van der Waals surface area contributed by atoms with Crippen LogP contribution in [0.15, 0.2) is 12.8 Å². The monoisotopic (exact) mass is 141 g/mol. The first-order valence-corrected chi connectivity index (χ1v) is 3.28. The van der Waals surface area contributed by atoms with Crippen molar-refractivity contribution < 1.29 is 9.53 Å². The van der Waals surface area contributed by atoms with Crippen LogP contribution in [0.1, 0.15) is 13.8 Å². The molecule has 1 heterocycles. The Hall–Kier alpha value is -0.990. The number of rotatable bonds is 1. The molecular formula is C7H11NO2. The number of carbonyl (C=O) groups excluding carboxylic acids is 1. The molecule has 0 spiro atoms. The molecule has 0 aromatic heterocycles. The van der Waals surface area contributed by atoms with Crippen molar-refractivity contribution in [3.8, 4) is 0 Å². The lowest BCUT2D eigenvalue weighted by atomic mass is 10.2. The number of hydrogen-bond acceptors (Lipinski definition) is 2. The van der Waals surface area contributed by atoms with Gasteiger partial charge in [0.05, 0.1) is 6.04 Å². The first-order chi connectivity index (χ1) is 4.66. The van der Waals surface area contributed by atoms with Gasteiger partial charge < -0.3 is 4.74 Å². The fraction of sp³-hybridized carbons (Fsp3) is 0.571. The van der Waals surface area contributed by atoms with Crippen LogP contribution in [-0.4, -0.2) is 23.1 Å². The van der Waals surface area contributed by atoms with Crippen molar-refractivity contribution in [1.29, 1.82) is 0 Å². The molecule has 1 aliphatic heterocycles. The minimum Gasteiger partial charge on any atom is -0.444 e. The Morgan fingerprint density at radius 1 is 1.70 bits per heavy atom. The van der Waals surface area contributed by atoms with E-state index >= 15 is 0 Å². The smallest absolute Gasteiger partial charge is 0.414 e. The number of amides is 1. The summed E-state index contributed by atoms with van der Waals surface area (Å²) in [6, 6.07) is 0.116. The van der Waals surface area contributed by atoms with Crippen LogP contribution < -0.4 is 0 Å². The van der Waals surface area contributed by atoms with Crippen LogP contribution in [0, 0.1) is 0 Å². The molecule has 0 aliphatic carbocycles. The van der Waals surface area contributed by atoms with E-state index in [0.29, 0.717) is 0 Å². The molecule has 2 unspecified atom stereocenters. The molecule has 3 heteroatoms. The van der Waals surface area contributed by atoms with Gasteiger partial charge in [-0.2, -0.15) is 0 Å². The first kappa shape index (κ1) is 7.12. The van der Waals surface area contributed by atoms with E-state index in [1.165, 1.54) is 11.1 Å². The standard InChI is InChI=1S/C7H11NO2/c1-4-8-5(2)6(3)10-7(8)9/h4-6H,1H2,2-3H3. The maximum Gasteiger partial charge on any atom is 0.414 e. The van der Waals surface area contributed by atoms with Gasteiger partial charge in [0.25, 0.3) is 0 Å². The predicted molar refractivity (Wildman–Crippen MR) is 37.4 cm³/mol. The third-order valence-electron chi connectivity index (χ3n) is 1.81. The number of cyclic esters (lactones) is 1. The molecule has 1 amide bonds. The Balaban J connectivity index is 2.73. The Morgan fingerprint density at radius 2 is 2.30 bits per heavy atom. The van der Waals surface area contributed by atoms with Crippen LogP contribution in [0.2, 0.25) is 0 Å². The molecule has 3 nitrogen and oxygen atoms in total. The van der Waals surface area contributed by atoms with E-state index in [9.17, 15) is 4.79 Å². The fourth-order valence-electron chi connectivity index (χ4n) is 0.952. The summed E-state index contributed by atoms with van der Waals surface area (Å²) in [7, 11) is 0. The highest BCUT2D eigenvalue weighted by Crippen LogP contribution is 2.17. The van der Waals surface area contributed by atoms with Gasteiger partial charge in [-0.1, -0.05) is 6.58 Å². The van der Waals surface area contributed by atoms with E-state index in [1.807, 2.05) is 13.8 Å². The first-order valence-electron chi connectivity index (χ1n) is 3.28. The fourth-order valence-corrected chi connectivity index (χ4v) is 0.952. The molecule has 56 valence electrons. The maximum absolute atomic E-state index is 10.9. The minimum absolute atomic E-state index is 0.0227. The second kappa shape index (κ2) is 2.33. The van der Waals surface area contributed by atoms with Crippen LogP contribution in [0.4, 0.5) is 4.79 Å². The van der Waals surface area contributed by atoms with Gasteiger partial charge in [-0.25, -0.2) is 4.79 Å². The minimum atomic E-state index is -0.296. The molecule has 10 heavy (non-hydrogen) atoms. The van der Waals surface area contributed by atoms with Crippen LogP contribution in [0.3, 0.4) is 0 Å². The normalized spacial score (nSPS) is 32.2. The van der Waals surface area contributed by atoms with Crippen molar-refractivity contribution in [3.63, 3.8) is 0 Å². The van der Waals surface area contributed by atoms with Crippen LogP contribution in [0.25, 0.3) is 0 Å². The molecule has 1 rings (SSSR count). The van der Waals surface area contributed by atoms with Crippen molar-refractivity contribution in [1.82, 2.24) is 4.90 Å². The zero-order chi connectivity index (χ0) is 7.72. The second-order valence-electron chi connectivity index (χ2n) is 2.42. The van der Waals surface area contributed by atoms with Gasteiger partial charge in [-0.15, -0.1) is 0 Å². The lowest BCUT2D eigenvalue weighted by Crippen LogP contribution is -2.27. The SMILES string of the molecule is C=CN1C(=O)OC(C)C1C. The van der Waals surface area contributed by atoms with E-state index < -0.39 is 0 Å². The number of ether oxygens (including phenoxy) is 1. The molecule has 1 aliphatic rings. The van der Waals surface area contributed by atoms with Crippen LogP contribution in [-0.2, 0) is 4.74 Å². The zero-order valence-corrected chi connectivity index (χ0v) is 6.20. The number of carbonyl (C=O) groups is 1. The maximum atomic E-state index is 10.9. The number of nitrogens with zero attached hydrogens (tertiary/aromatic N) is 1. The predicted octanol–water partition coefficient (Wildman–Crippen LogP) is 1.36. The van der Waals surface area contributed by atoms with Crippen LogP contribution >= 0.6 is 0 Å². The van der Waals surface area contributed by atoms with Crippen LogP contribution in [0.5, 0.6) is 0 Å². The lowest BCUT2D eigenvalue weighted by Gasteiger charge is -2.12. The highest BCUT2D eigenvalue weighted by molar-refractivity contribution is 5.71. The van der Waals surface area contributed by atoms with Gasteiger partial charge in [0, 0.05) is 6.20 Å². The molecule has 2 atom stereocenters. The number of hydrogen-bond donors (Lipinski definition) is 0. The summed E-state index contributed by atoms with van der Waals surface area (Å²) >= 11 is 0. The van der Waals surface area contributed by atoms with Gasteiger partial charge in [0.2, 0.25) is 0 Å². The van der Waals surface area contributed by atoms with Crippen molar-refractivity contribution in [2.75, 3.05) is 0 Å². The van der Waals surface area contributed by atoms with Crippen molar-refractivity contribution >= 4 is 6.09 Å². The summed E-state index contributed by atoms with van der Waals surface area (Å²) in [4.78, 5) is 12.3. The van der Waals surface area contributed by atoms with Crippen molar-refractivity contribution in [3.05, 3.63) is 12.8 Å². The largest absolute Gasteiger partial charge is 0.444 e. The molecule has 0 bridgehead atoms. The van der Waals surface area contributed by atoms with Gasteiger partial charge in [0.15, 0.2) is 0 Å². The molecule has 0 N–H and O–H groups in total. The summed E-state index contributed by atoms with van der Waals surface area (Å²) in [6.07, 6.45) is 1.18. The highest BCUT2D eigenvalue weighted by atomic mass is 16.6. The van der Waals surface area contributed by atoms with Gasteiger partial charge in [-0.05, 0) is 13.8 Å². The second-order valence-corrected chi connectivity index (χ2v) is 2.42. The summed E-state index contributed by atoms with van der Waals surface area (Å²) in [5.74, 6) is 0. The molecule has 0 aromatic rings. The Morgan fingerprint density at radius 3 is 2.50 bits per heavy atom. The van der Waals surface area contributed by atoms with Gasteiger partial charge in [0.1, 0.15) is 6.10 Å². The zero-order valence-electron chi connectivity index (χ0n) is 6.20. The molecule has 0 aromatic carbocycles. The average molecular weight is 141 g/mol. The average Bonchev–Trinajstić information content (AvgIpc) is 2.09. The third-order valence-corrected chi connectivity index (χ3v) is 1.81. The quantitative estimate of drug-likeness (QED) is 0.551. The molecule has 0 saturated carbocycles. The van der Waals surface area contributed by atoms with E-state index in [-0.39, 0.29) is 18.2 Å². The van der Waals surface area contributed by atoms with E-state index in [2.05, 4.69) is 6.58 Å². The molecule has 1 saturated heterocycles. The lowest BCUT2D eigenvalue weighted by molar-refractivity contribution is 0.140. The van der Waals surface area contributed by atoms with E-state index in [1.54, 1.807) is 0 Å². The van der Waals surface area contributed by atoms with Crippen molar-refractivity contribution in [2.45, 2.75) is 26.0 Å². The molecule has 1 fully saturated rings. The highest BCUT2D eigenvalue weighted by Gasteiger charge is 2.33. The van der Waals surface area contributed by atoms with Gasteiger partial charge in [-0.3, -0.25) is 4.90 Å². The third kappa shape index (κ3) is 0.875. The van der Waals surface area contributed by atoms with E-state index in [0.717, 1.165) is 0 Å². The molecule has 0 radical (unpaired) electrons. The van der Waals surface area contributed by atoms with E-state index in [4.69, 9.17) is 4.74 Å². The topological polar surface area (TPSA) is 29.5 Å². The Bertz CT molecular complexity index is 167. The summed E-state index contributed by atoms with van der Waals surface area (Å²) in [6.45, 7) is 7.30. The summed E-state index contributed by atoms with van der Waals surface area (Å²) in [5, 5.41) is 0. The molecular weight excluding hydrogens is 130 g/mol. The van der Waals surface area contributed by atoms with Gasteiger partial charge >= 0.3 is 6.09 Å².